The first-order valence-electron chi connectivity index (χ1n) is 10.5. The summed E-state index contributed by atoms with van der Waals surface area (Å²) in [5.74, 6) is 0.505. The molecule has 162 valence electrons. The first kappa shape index (κ1) is 19.7. The Kier molecular flexibility index (Phi) is 4.77. The van der Waals surface area contributed by atoms with Crippen LogP contribution in [-0.2, 0) is 0 Å². The van der Waals surface area contributed by atoms with Crippen molar-refractivity contribution in [2.24, 2.45) is 0 Å². The molecule has 4 heterocycles. The molecule has 1 aliphatic carbocycles. The lowest BCUT2D eigenvalue weighted by Gasteiger charge is -2.35. The van der Waals surface area contributed by atoms with Crippen molar-refractivity contribution in [1.82, 2.24) is 24.3 Å². The molecule has 4 aromatic heterocycles. The molecule has 4 aromatic rings. The van der Waals surface area contributed by atoms with Crippen LogP contribution in [-0.4, -0.2) is 48.2 Å². The summed E-state index contributed by atoms with van der Waals surface area (Å²) < 4.78 is 21.0. The third-order valence-corrected chi connectivity index (χ3v) is 6.37. The van der Waals surface area contributed by atoms with Gasteiger partial charge in [-0.05, 0) is 44.2 Å². The number of pyridine rings is 1. The molecule has 0 bridgehead atoms. The zero-order valence-electron chi connectivity index (χ0n) is 17.5. The Morgan fingerprint density at radius 1 is 1.32 bits per heavy atom. The number of ether oxygens (including phenoxy) is 1. The number of halogens is 1. The van der Waals surface area contributed by atoms with Crippen molar-refractivity contribution < 1.29 is 14.2 Å². The van der Waals surface area contributed by atoms with Gasteiger partial charge in [-0.1, -0.05) is 6.92 Å². The molecule has 1 saturated carbocycles. The van der Waals surface area contributed by atoms with Gasteiger partial charge in [0.15, 0.2) is 0 Å². The van der Waals surface area contributed by atoms with Gasteiger partial charge in [0.05, 0.1) is 24.3 Å². The van der Waals surface area contributed by atoms with Crippen LogP contribution in [0.5, 0.6) is 5.88 Å². The van der Waals surface area contributed by atoms with Crippen LogP contribution in [0.25, 0.3) is 27.8 Å². The number of aliphatic hydroxyl groups is 1. The number of aromatic amines is 1. The number of anilines is 1. The van der Waals surface area contributed by atoms with Gasteiger partial charge in [-0.25, -0.2) is 4.98 Å². The molecule has 0 amide bonds. The highest BCUT2D eigenvalue weighted by Gasteiger charge is 2.31. The third kappa shape index (κ3) is 3.48. The highest BCUT2D eigenvalue weighted by Crippen LogP contribution is 2.36. The average Bonchev–Trinajstić information content (AvgIpc) is 3.38. The lowest BCUT2D eigenvalue weighted by Crippen LogP contribution is -2.38. The van der Waals surface area contributed by atoms with Crippen molar-refractivity contribution in [3.63, 3.8) is 0 Å². The van der Waals surface area contributed by atoms with Gasteiger partial charge in [0.25, 0.3) is 0 Å². The maximum Gasteiger partial charge on any atom is 0.228 e. The van der Waals surface area contributed by atoms with Gasteiger partial charge < -0.3 is 20.1 Å². The van der Waals surface area contributed by atoms with Crippen molar-refractivity contribution >= 4 is 22.6 Å². The van der Waals surface area contributed by atoms with Crippen LogP contribution in [0.2, 0.25) is 0 Å². The van der Waals surface area contributed by atoms with E-state index in [-0.39, 0.29) is 6.04 Å². The first-order chi connectivity index (χ1) is 15.0. The molecule has 1 aliphatic rings. The Hall–Kier alpha value is -3.20. The second-order valence-corrected chi connectivity index (χ2v) is 8.21. The Balaban J connectivity index is 1.47. The molecular formula is C22H25FN6O2. The van der Waals surface area contributed by atoms with Gasteiger partial charge in [0.2, 0.25) is 17.8 Å². The standard InChI is InChI=1S/C22H25FN6O2/c1-3-22(30)8-6-14(7-9-22)26-21-27-19-18(20(28-21)31-2)15(10-25-19)13-4-5-17-24-11-16(23)29(17)12-13/h4-5,10-12,14,30H,3,6-9H2,1-2H3,(H2,25,26,27,28). The Labute approximate surface area is 178 Å². The number of fused-ring (bicyclic) bond motifs is 2. The largest absolute Gasteiger partial charge is 0.480 e. The number of imidazole rings is 1. The lowest BCUT2D eigenvalue weighted by molar-refractivity contribution is -0.00198. The minimum atomic E-state index is -0.551. The van der Waals surface area contributed by atoms with Gasteiger partial charge in [-0.2, -0.15) is 14.4 Å². The summed E-state index contributed by atoms with van der Waals surface area (Å²) in [6.45, 7) is 2.03. The Morgan fingerprint density at radius 2 is 2.13 bits per heavy atom. The average molecular weight is 424 g/mol. The minimum Gasteiger partial charge on any atom is -0.480 e. The van der Waals surface area contributed by atoms with Crippen molar-refractivity contribution in [3.05, 3.63) is 36.7 Å². The molecule has 0 aliphatic heterocycles. The molecule has 0 saturated heterocycles. The smallest absolute Gasteiger partial charge is 0.228 e. The molecule has 3 N–H and O–H groups in total. The van der Waals surface area contributed by atoms with Gasteiger partial charge in [-0.15, -0.1) is 0 Å². The van der Waals surface area contributed by atoms with E-state index >= 15 is 0 Å². The van der Waals surface area contributed by atoms with Crippen LogP contribution in [0, 0.1) is 5.95 Å². The zero-order valence-corrected chi connectivity index (χ0v) is 17.5. The van der Waals surface area contributed by atoms with Crippen LogP contribution in [0.4, 0.5) is 10.3 Å². The van der Waals surface area contributed by atoms with Crippen molar-refractivity contribution in [2.75, 3.05) is 12.4 Å². The molecule has 0 spiro atoms. The fourth-order valence-electron chi connectivity index (χ4n) is 4.39. The summed E-state index contributed by atoms with van der Waals surface area (Å²) in [6.07, 6.45) is 8.74. The predicted octanol–water partition coefficient (Wildman–Crippen LogP) is 3.92. The predicted molar refractivity (Wildman–Crippen MR) is 116 cm³/mol. The van der Waals surface area contributed by atoms with Crippen LogP contribution in [0.15, 0.2) is 30.7 Å². The third-order valence-electron chi connectivity index (χ3n) is 6.37. The Bertz CT molecular complexity index is 1240. The highest BCUT2D eigenvalue weighted by atomic mass is 19.1. The topological polar surface area (TPSA) is 100 Å². The molecule has 0 aromatic carbocycles. The molecule has 5 rings (SSSR count). The van der Waals surface area contributed by atoms with E-state index in [0.717, 1.165) is 48.6 Å². The maximum atomic E-state index is 14.0. The van der Waals surface area contributed by atoms with E-state index in [9.17, 15) is 9.50 Å². The highest BCUT2D eigenvalue weighted by molar-refractivity contribution is 5.97. The summed E-state index contributed by atoms with van der Waals surface area (Å²) in [7, 11) is 1.57. The summed E-state index contributed by atoms with van der Waals surface area (Å²) in [4.78, 5) is 16.4. The summed E-state index contributed by atoms with van der Waals surface area (Å²) in [6, 6.07) is 3.85. The van der Waals surface area contributed by atoms with Crippen LogP contribution in [0.1, 0.15) is 39.0 Å². The number of aromatic nitrogens is 5. The lowest BCUT2D eigenvalue weighted by atomic mass is 9.80. The first-order valence-corrected chi connectivity index (χ1v) is 10.5. The molecule has 0 radical (unpaired) electrons. The molecule has 8 nitrogen and oxygen atoms in total. The van der Waals surface area contributed by atoms with Gasteiger partial charge in [-0.3, -0.25) is 4.40 Å². The Morgan fingerprint density at radius 3 is 2.87 bits per heavy atom. The number of rotatable bonds is 5. The van der Waals surface area contributed by atoms with Crippen molar-refractivity contribution in [1.29, 1.82) is 0 Å². The van der Waals surface area contributed by atoms with Gasteiger partial charge in [0.1, 0.15) is 11.3 Å². The molecule has 0 unspecified atom stereocenters. The van der Waals surface area contributed by atoms with Crippen molar-refractivity contribution in [3.8, 4) is 17.0 Å². The quantitative estimate of drug-likeness (QED) is 0.449. The summed E-state index contributed by atoms with van der Waals surface area (Å²) in [5.41, 5.74) is 2.24. The van der Waals surface area contributed by atoms with E-state index in [2.05, 4.69) is 25.3 Å². The van der Waals surface area contributed by atoms with Crippen LogP contribution in [0.3, 0.4) is 0 Å². The molecular weight excluding hydrogens is 399 g/mol. The van der Waals surface area contributed by atoms with E-state index in [1.165, 1.54) is 10.6 Å². The summed E-state index contributed by atoms with van der Waals surface area (Å²) in [5, 5.41) is 14.6. The van der Waals surface area contributed by atoms with E-state index < -0.39 is 11.5 Å². The monoisotopic (exact) mass is 424 g/mol. The van der Waals surface area contributed by atoms with Crippen LogP contribution >= 0.6 is 0 Å². The van der Waals surface area contributed by atoms with E-state index in [4.69, 9.17) is 4.74 Å². The van der Waals surface area contributed by atoms with Crippen LogP contribution < -0.4 is 10.1 Å². The normalized spacial score (nSPS) is 21.6. The fourth-order valence-corrected chi connectivity index (χ4v) is 4.39. The number of nitrogens with zero attached hydrogens (tertiary/aromatic N) is 4. The zero-order chi connectivity index (χ0) is 21.6. The number of nitrogens with one attached hydrogen (secondary N) is 2. The molecule has 9 heteroatoms. The molecule has 0 atom stereocenters. The molecule has 31 heavy (non-hydrogen) atoms. The maximum absolute atomic E-state index is 14.0. The van der Waals surface area contributed by atoms with Gasteiger partial charge >= 0.3 is 0 Å². The number of hydrogen-bond donors (Lipinski definition) is 3. The van der Waals surface area contributed by atoms with Crippen molar-refractivity contribution in [2.45, 2.75) is 50.7 Å². The second kappa shape index (κ2) is 7.49. The van der Waals surface area contributed by atoms with Gasteiger partial charge in [0, 0.05) is 29.6 Å². The SMILES string of the molecule is CCC1(O)CCC(Nc2nc(OC)c3c(-c4ccc5ncc(F)n5c4)c[nH]c3n2)CC1. The molecule has 1 fully saturated rings. The minimum absolute atomic E-state index is 0.204. The fraction of sp³-hybridized carbons (Fsp3) is 0.409. The van der Waals surface area contributed by atoms with E-state index in [1.54, 1.807) is 19.4 Å². The number of hydrogen-bond acceptors (Lipinski definition) is 6. The van der Waals surface area contributed by atoms with E-state index in [0.29, 0.717) is 23.1 Å². The number of methoxy groups -OCH3 is 1. The second-order valence-electron chi connectivity index (χ2n) is 8.21. The summed E-state index contributed by atoms with van der Waals surface area (Å²) >= 11 is 0. The number of H-pyrrole nitrogens is 1. The van der Waals surface area contributed by atoms with E-state index in [1.807, 2.05) is 19.2 Å².